The lowest BCUT2D eigenvalue weighted by molar-refractivity contribution is 0.723. The molecule has 0 N–H and O–H groups in total. The van der Waals surface area contributed by atoms with Crippen molar-refractivity contribution in [1.29, 1.82) is 0 Å². The van der Waals surface area contributed by atoms with E-state index in [2.05, 4.69) is 158 Å². The van der Waals surface area contributed by atoms with Crippen LogP contribution in [0, 0.1) is 13.8 Å². The first-order valence-electron chi connectivity index (χ1n) is 17.7. The summed E-state index contributed by atoms with van der Waals surface area (Å²) in [7, 11) is 0. The van der Waals surface area contributed by atoms with Crippen LogP contribution in [-0.4, -0.2) is 15.0 Å². The number of hydrogen-bond acceptors (Lipinski definition) is 4. The van der Waals surface area contributed by atoms with Gasteiger partial charge in [-0.25, -0.2) is 9.97 Å². The summed E-state index contributed by atoms with van der Waals surface area (Å²) in [4.78, 5) is 17.7. The molecule has 0 radical (unpaired) electrons. The van der Waals surface area contributed by atoms with E-state index in [1.807, 2.05) is 36.3 Å². The van der Waals surface area contributed by atoms with Crippen molar-refractivity contribution in [3.8, 4) is 56.2 Å². The maximum absolute atomic E-state index is 5.32. The Morgan fingerprint density at radius 3 is 1.69 bits per heavy atom. The molecule has 3 nitrogen and oxygen atoms in total. The summed E-state index contributed by atoms with van der Waals surface area (Å²) >= 11 is 1.89. The fourth-order valence-corrected chi connectivity index (χ4v) is 9.87. The van der Waals surface area contributed by atoms with Crippen LogP contribution in [0.2, 0.25) is 0 Å². The first-order chi connectivity index (χ1) is 25.6. The molecule has 0 fully saturated rings. The first-order valence-corrected chi connectivity index (χ1v) is 18.5. The lowest BCUT2D eigenvalue weighted by Gasteiger charge is -2.40. The third kappa shape index (κ3) is 4.51. The number of benzene rings is 6. The Labute approximate surface area is 308 Å². The zero-order chi connectivity index (χ0) is 34.8. The van der Waals surface area contributed by atoms with Gasteiger partial charge in [0, 0.05) is 38.9 Å². The first kappa shape index (κ1) is 30.7. The van der Waals surface area contributed by atoms with Gasteiger partial charge >= 0.3 is 0 Å². The standard InChI is InChI=1S/C48H33N3S/c1-30-28-49-29-31(2)44(30)35-20-13-25-40-46(35)52-43-26-12-11-23-38(43)48(40)37-22-10-9-19-34(37)45-36(21-14-24-39(45)48)47-50-41(32-15-5-3-6-16-32)27-42(51-47)33-17-7-4-8-18-33/h3-29H,1-2H3. The SMILES string of the molecule is Cc1cncc(C)c1-c1cccc2c1Sc1ccccc1C21c2ccccc2-c2c(-c3nc(-c4ccccc4)cc(-c4ccccc4)n3)cccc21. The highest BCUT2D eigenvalue weighted by molar-refractivity contribution is 7.99. The summed E-state index contributed by atoms with van der Waals surface area (Å²) in [6.45, 7) is 4.34. The molecular weight excluding hydrogens is 651 g/mol. The largest absolute Gasteiger partial charge is 0.264 e. The van der Waals surface area contributed by atoms with E-state index in [-0.39, 0.29) is 0 Å². The average molecular weight is 684 g/mol. The zero-order valence-corrected chi connectivity index (χ0v) is 29.7. The van der Waals surface area contributed by atoms with Gasteiger partial charge in [0.25, 0.3) is 0 Å². The molecule has 1 unspecified atom stereocenters. The summed E-state index contributed by atoms with van der Waals surface area (Å²) in [6, 6.07) is 54.6. The second kappa shape index (κ2) is 12.0. The van der Waals surface area contributed by atoms with Crippen LogP contribution in [0.5, 0.6) is 0 Å². The molecule has 0 saturated carbocycles. The molecule has 4 heteroatoms. The predicted octanol–water partition coefficient (Wildman–Crippen LogP) is 12.0. The Balaban J connectivity index is 1.29. The fraction of sp³-hybridized carbons (Fsp3) is 0.0625. The summed E-state index contributed by atoms with van der Waals surface area (Å²) in [6.07, 6.45) is 3.97. The Morgan fingerprint density at radius 1 is 0.462 bits per heavy atom. The number of aryl methyl sites for hydroxylation is 2. The highest BCUT2D eigenvalue weighted by Crippen LogP contribution is 2.64. The van der Waals surface area contributed by atoms with Gasteiger partial charge < -0.3 is 0 Å². The number of pyridine rings is 1. The van der Waals surface area contributed by atoms with Gasteiger partial charge in [-0.05, 0) is 81.6 Å². The molecule has 0 bridgehead atoms. The van der Waals surface area contributed by atoms with Gasteiger partial charge in [0.05, 0.1) is 16.8 Å². The van der Waals surface area contributed by atoms with Gasteiger partial charge in [-0.3, -0.25) is 4.98 Å². The average Bonchev–Trinajstić information content (AvgIpc) is 3.49. The minimum Gasteiger partial charge on any atom is -0.264 e. The highest BCUT2D eigenvalue weighted by atomic mass is 32.2. The van der Waals surface area contributed by atoms with Crippen molar-refractivity contribution in [3.05, 3.63) is 197 Å². The van der Waals surface area contributed by atoms with E-state index in [4.69, 9.17) is 9.97 Å². The van der Waals surface area contributed by atoms with Crippen LogP contribution in [0.1, 0.15) is 33.4 Å². The van der Waals surface area contributed by atoms with Crippen LogP contribution in [0.3, 0.4) is 0 Å². The molecule has 10 rings (SSSR count). The lowest BCUT2D eigenvalue weighted by atomic mass is 9.67. The van der Waals surface area contributed by atoms with Crippen LogP contribution in [0.25, 0.3) is 56.2 Å². The van der Waals surface area contributed by atoms with E-state index >= 15 is 0 Å². The monoisotopic (exact) mass is 683 g/mol. The van der Waals surface area contributed by atoms with Crippen molar-refractivity contribution in [2.75, 3.05) is 0 Å². The molecule has 1 atom stereocenters. The van der Waals surface area contributed by atoms with Crippen LogP contribution >= 0.6 is 11.8 Å². The third-order valence-corrected chi connectivity index (χ3v) is 11.9. The molecule has 246 valence electrons. The molecule has 1 aliphatic carbocycles. The van der Waals surface area contributed by atoms with Crippen molar-refractivity contribution >= 4 is 11.8 Å². The summed E-state index contributed by atoms with van der Waals surface area (Å²) in [5.41, 5.74) is 16.9. The van der Waals surface area contributed by atoms with E-state index in [0.717, 1.165) is 33.9 Å². The molecule has 6 aromatic carbocycles. The van der Waals surface area contributed by atoms with E-state index in [0.29, 0.717) is 0 Å². The molecule has 2 aliphatic rings. The maximum Gasteiger partial charge on any atom is 0.161 e. The lowest BCUT2D eigenvalue weighted by Crippen LogP contribution is -2.32. The molecule has 1 aliphatic heterocycles. The van der Waals surface area contributed by atoms with E-state index in [1.165, 1.54) is 65.4 Å². The normalized spacial score (nSPS) is 15.1. The molecule has 52 heavy (non-hydrogen) atoms. The van der Waals surface area contributed by atoms with Crippen molar-refractivity contribution in [1.82, 2.24) is 15.0 Å². The minimum absolute atomic E-state index is 0.538. The Hall–Kier alpha value is -6.10. The second-order valence-corrected chi connectivity index (χ2v) is 14.7. The van der Waals surface area contributed by atoms with Gasteiger partial charge in [0.1, 0.15) is 0 Å². The summed E-state index contributed by atoms with van der Waals surface area (Å²) in [5.74, 6) is 0.722. The van der Waals surface area contributed by atoms with Crippen LogP contribution in [-0.2, 0) is 5.41 Å². The van der Waals surface area contributed by atoms with Gasteiger partial charge in [-0.2, -0.15) is 0 Å². The van der Waals surface area contributed by atoms with Crippen LogP contribution < -0.4 is 0 Å². The highest BCUT2D eigenvalue weighted by Gasteiger charge is 2.51. The van der Waals surface area contributed by atoms with Crippen molar-refractivity contribution in [2.24, 2.45) is 0 Å². The van der Waals surface area contributed by atoms with Crippen molar-refractivity contribution in [3.63, 3.8) is 0 Å². The molecule has 0 amide bonds. The smallest absolute Gasteiger partial charge is 0.161 e. The van der Waals surface area contributed by atoms with Gasteiger partial charge in [0.2, 0.25) is 0 Å². The molecule has 8 aromatic rings. The zero-order valence-electron chi connectivity index (χ0n) is 28.8. The Morgan fingerprint density at radius 2 is 1.00 bits per heavy atom. The Kier molecular flexibility index (Phi) is 7.09. The van der Waals surface area contributed by atoms with Gasteiger partial charge in [-0.15, -0.1) is 0 Å². The molecular formula is C48H33N3S. The fourth-order valence-electron chi connectivity index (χ4n) is 8.56. The van der Waals surface area contributed by atoms with E-state index in [9.17, 15) is 0 Å². The molecule has 3 heterocycles. The van der Waals surface area contributed by atoms with Gasteiger partial charge in [0.15, 0.2) is 5.82 Å². The van der Waals surface area contributed by atoms with E-state index in [1.54, 1.807) is 0 Å². The van der Waals surface area contributed by atoms with Gasteiger partial charge in [-0.1, -0.05) is 151 Å². The number of nitrogens with zero attached hydrogens (tertiary/aromatic N) is 3. The third-order valence-electron chi connectivity index (χ3n) is 10.7. The molecule has 1 spiro atoms. The Bertz CT molecular complexity index is 2610. The summed E-state index contributed by atoms with van der Waals surface area (Å²) in [5, 5.41) is 0. The number of aromatic nitrogens is 3. The van der Waals surface area contributed by atoms with Crippen LogP contribution in [0.15, 0.2) is 174 Å². The number of rotatable bonds is 4. The topological polar surface area (TPSA) is 38.7 Å². The molecule has 2 aromatic heterocycles. The van der Waals surface area contributed by atoms with Crippen molar-refractivity contribution in [2.45, 2.75) is 29.1 Å². The quantitative estimate of drug-likeness (QED) is 0.185. The second-order valence-electron chi connectivity index (χ2n) is 13.6. The summed E-state index contributed by atoms with van der Waals surface area (Å²) < 4.78 is 0. The van der Waals surface area contributed by atoms with Crippen LogP contribution in [0.4, 0.5) is 0 Å². The minimum atomic E-state index is -0.538. The predicted molar refractivity (Wildman–Crippen MR) is 212 cm³/mol. The number of hydrogen-bond donors (Lipinski definition) is 0. The number of fused-ring (bicyclic) bond motifs is 9. The van der Waals surface area contributed by atoms with E-state index < -0.39 is 5.41 Å². The molecule has 0 saturated heterocycles. The van der Waals surface area contributed by atoms with Crippen molar-refractivity contribution < 1.29 is 0 Å². The maximum atomic E-state index is 5.32.